The Hall–Kier alpha value is -2.97. The number of fused-ring (bicyclic) bond motifs is 3. The Labute approximate surface area is 226 Å². The molecular weight excluding hydrogens is 492 g/mol. The summed E-state index contributed by atoms with van der Waals surface area (Å²) >= 11 is 0. The summed E-state index contributed by atoms with van der Waals surface area (Å²) in [6, 6.07) is 8.48. The fourth-order valence-corrected chi connectivity index (χ4v) is 6.92. The second kappa shape index (κ2) is 9.65. The van der Waals surface area contributed by atoms with Crippen LogP contribution < -0.4 is 10.4 Å². The number of imidazole rings is 1. The van der Waals surface area contributed by atoms with E-state index in [2.05, 4.69) is 57.0 Å². The van der Waals surface area contributed by atoms with Crippen LogP contribution in [0.15, 0.2) is 41.5 Å². The number of aryl methyl sites for hydroxylation is 2. The lowest BCUT2D eigenvalue weighted by atomic mass is 9.92. The Bertz CT molecular complexity index is 1560. The van der Waals surface area contributed by atoms with Crippen molar-refractivity contribution in [2.75, 3.05) is 7.11 Å². The van der Waals surface area contributed by atoms with Gasteiger partial charge in [0.05, 0.1) is 29.9 Å². The molecule has 0 bridgehead atoms. The van der Waals surface area contributed by atoms with Crippen LogP contribution >= 0.6 is 0 Å². The number of aromatic nitrogens is 4. The summed E-state index contributed by atoms with van der Waals surface area (Å²) < 4.78 is 15.9. The first kappa shape index (κ1) is 26.6. The molecule has 0 amide bonds. The van der Waals surface area contributed by atoms with Crippen LogP contribution in [0.25, 0.3) is 33.1 Å². The van der Waals surface area contributed by atoms with Gasteiger partial charge >= 0.3 is 5.69 Å². The molecule has 38 heavy (non-hydrogen) atoms. The normalized spacial score (nSPS) is 18.8. The second-order valence-corrected chi connectivity index (χ2v) is 17.1. The number of hydrogen-bond acceptors (Lipinski definition) is 5. The van der Waals surface area contributed by atoms with Gasteiger partial charge in [0.15, 0.2) is 8.32 Å². The minimum Gasteiger partial charge on any atom is -0.481 e. The van der Waals surface area contributed by atoms with E-state index in [4.69, 9.17) is 14.1 Å². The van der Waals surface area contributed by atoms with Crippen molar-refractivity contribution in [1.29, 1.82) is 0 Å². The van der Waals surface area contributed by atoms with Crippen molar-refractivity contribution < 1.29 is 9.16 Å². The lowest BCUT2D eigenvalue weighted by Gasteiger charge is -2.41. The average Bonchev–Trinajstić information content (AvgIpc) is 3.13. The van der Waals surface area contributed by atoms with E-state index in [0.717, 1.165) is 64.3 Å². The molecule has 0 unspecified atom stereocenters. The Morgan fingerprint density at radius 2 is 1.71 bits per heavy atom. The Balaban J connectivity index is 1.53. The summed E-state index contributed by atoms with van der Waals surface area (Å²) in [5.41, 5.74) is 5.77. The SMILES string of the molecule is COc1ncc(-c2ccc3ncc4c(c3c2)n([C@H]2CC[C@H](O[Si](C)(C)C(C)(C)C)CC2)c(=O)n4C)cc1C. The van der Waals surface area contributed by atoms with E-state index in [-0.39, 0.29) is 22.9 Å². The van der Waals surface area contributed by atoms with Crippen molar-refractivity contribution >= 4 is 30.3 Å². The number of hydrogen-bond donors (Lipinski definition) is 0. The van der Waals surface area contributed by atoms with Gasteiger partial charge in [0.1, 0.15) is 0 Å². The third-order valence-corrected chi connectivity index (χ3v) is 13.3. The Morgan fingerprint density at radius 1 is 1.00 bits per heavy atom. The summed E-state index contributed by atoms with van der Waals surface area (Å²) in [6.07, 6.45) is 7.76. The van der Waals surface area contributed by atoms with Gasteiger partial charge in [0, 0.05) is 41.9 Å². The molecule has 1 aliphatic carbocycles. The second-order valence-electron chi connectivity index (χ2n) is 12.3. The van der Waals surface area contributed by atoms with Crippen molar-refractivity contribution in [1.82, 2.24) is 19.1 Å². The molecule has 1 saturated carbocycles. The molecule has 3 aromatic heterocycles. The van der Waals surface area contributed by atoms with Gasteiger partial charge in [-0.25, -0.2) is 9.78 Å². The largest absolute Gasteiger partial charge is 0.481 e. The molecule has 1 fully saturated rings. The molecule has 7 nitrogen and oxygen atoms in total. The predicted molar refractivity (Wildman–Crippen MR) is 157 cm³/mol. The van der Waals surface area contributed by atoms with Gasteiger partial charge in [-0.05, 0) is 74.5 Å². The van der Waals surface area contributed by atoms with Crippen LogP contribution in [-0.4, -0.2) is 40.6 Å². The highest BCUT2D eigenvalue weighted by Gasteiger charge is 2.40. The third kappa shape index (κ3) is 4.58. The molecule has 202 valence electrons. The van der Waals surface area contributed by atoms with Gasteiger partial charge in [0.25, 0.3) is 0 Å². The van der Waals surface area contributed by atoms with Crippen molar-refractivity contribution in [2.24, 2.45) is 7.05 Å². The number of benzene rings is 1. The van der Waals surface area contributed by atoms with Crippen molar-refractivity contribution in [3.05, 3.63) is 52.7 Å². The van der Waals surface area contributed by atoms with E-state index in [1.807, 2.05) is 37.0 Å². The van der Waals surface area contributed by atoms with Gasteiger partial charge in [-0.2, -0.15) is 0 Å². The quantitative estimate of drug-likeness (QED) is 0.265. The monoisotopic (exact) mass is 532 g/mol. The summed E-state index contributed by atoms with van der Waals surface area (Å²) in [5, 5.41) is 1.18. The van der Waals surface area contributed by atoms with Crippen LogP contribution in [0.5, 0.6) is 5.88 Å². The summed E-state index contributed by atoms with van der Waals surface area (Å²) in [4.78, 5) is 22.8. The Kier molecular flexibility index (Phi) is 6.76. The van der Waals surface area contributed by atoms with Gasteiger partial charge in [-0.1, -0.05) is 26.8 Å². The maximum absolute atomic E-state index is 13.6. The molecule has 3 heterocycles. The molecule has 1 aliphatic rings. The molecule has 5 rings (SSSR count). The minimum atomic E-state index is -1.82. The number of rotatable bonds is 5. The fraction of sp³-hybridized carbons (Fsp3) is 0.500. The number of ether oxygens (including phenoxy) is 1. The van der Waals surface area contributed by atoms with Crippen LogP contribution in [0.3, 0.4) is 0 Å². The molecule has 0 spiro atoms. The first-order valence-corrected chi connectivity index (χ1v) is 16.5. The summed E-state index contributed by atoms with van der Waals surface area (Å²) in [6.45, 7) is 13.5. The van der Waals surface area contributed by atoms with Crippen LogP contribution in [-0.2, 0) is 11.5 Å². The molecule has 0 saturated heterocycles. The lowest BCUT2D eigenvalue weighted by molar-refractivity contribution is 0.118. The number of methoxy groups -OCH3 is 1. The van der Waals surface area contributed by atoms with E-state index >= 15 is 0 Å². The van der Waals surface area contributed by atoms with Gasteiger partial charge in [0.2, 0.25) is 5.88 Å². The van der Waals surface area contributed by atoms with E-state index in [9.17, 15) is 4.79 Å². The molecule has 0 N–H and O–H groups in total. The maximum atomic E-state index is 13.6. The summed E-state index contributed by atoms with van der Waals surface area (Å²) in [7, 11) is 1.66. The Morgan fingerprint density at radius 3 is 2.34 bits per heavy atom. The van der Waals surface area contributed by atoms with E-state index in [1.54, 1.807) is 11.7 Å². The maximum Gasteiger partial charge on any atom is 0.329 e. The number of nitrogens with zero attached hydrogens (tertiary/aromatic N) is 4. The highest BCUT2D eigenvalue weighted by atomic mass is 28.4. The molecule has 0 atom stereocenters. The fourth-order valence-electron chi connectivity index (χ4n) is 5.49. The molecule has 0 aliphatic heterocycles. The average molecular weight is 533 g/mol. The van der Waals surface area contributed by atoms with Crippen LogP contribution in [0, 0.1) is 6.92 Å². The lowest BCUT2D eigenvalue weighted by Crippen LogP contribution is -2.45. The van der Waals surface area contributed by atoms with Gasteiger partial charge in [-0.3, -0.25) is 14.1 Å². The molecule has 0 radical (unpaired) electrons. The van der Waals surface area contributed by atoms with Gasteiger partial charge < -0.3 is 9.16 Å². The zero-order chi connectivity index (χ0) is 27.4. The molecule has 8 heteroatoms. The van der Waals surface area contributed by atoms with E-state index < -0.39 is 8.32 Å². The molecule has 4 aromatic rings. The van der Waals surface area contributed by atoms with Crippen molar-refractivity contribution in [3.63, 3.8) is 0 Å². The summed E-state index contributed by atoms with van der Waals surface area (Å²) in [5.74, 6) is 0.628. The smallest absolute Gasteiger partial charge is 0.329 e. The number of pyridine rings is 2. The zero-order valence-electron chi connectivity index (χ0n) is 24.0. The highest BCUT2D eigenvalue weighted by molar-refractivity contribution is 6.74. The van der Waals surface area contributed by atoms with Crippen LogP contribution in [0.1, 0.15) is 58.1 Å². The zero-order valence-corrected chi connectivity index (χ0v) is 25.0. The van der Waals surface area contributed by atoms with Crippen LogP contribution in [0.2, 0.25) is 18.1 Å². The van der Waals surface area contributed by atoms with Crippen molar-refractivity contribution in [3.8, 4) is 17.0 Å². The van der Waals surface area contributed by atoms with Crippen LogP contribution in [0.4, 0.5) is 0 Å². The standard InChI is InChI=1S/C30H40N4O3Si/c1-19-15-21(17-32-28(19)36-6)20-9-14-25-24(16-20)27-26(18-31-25)33(5)29(35)34(27)22-10-12-23(13-11-22)37-38(7,8)30(2,3)4/h9,14-18,22-23H,10-13H2,1-8H3/t22-,23-. The highest BCUT2D eigenvalue weighted by Crippen LogP contribution is 2.41. The topological polar surface area (TPSA) is 71.2 Å². The third-order valence-electron chi connectivity index (χ3n) is 8.75. The first-order valence-electron chi connectivity index (χ1n) is 13.6. The van der Waals surface area contributed by atoms with E-state index in [0.29, 0.717) is 5.88 Å². The van der Waals surface area contributed by atoms with E-state index in [1.165, 1.54) is 0 Å². The first-order chi connectivity index (χ1) is 17.9. The molecule has 1 aromatic carbocycles. The predicted octanol–water partition coefficient (Wildman–Crippen LogP) is 6.77. The molecular formula is C30H40N4O3Si. The minimum absolute atomic E-state index is 0.0235. The van der Waals surface area contributed by atoms with Gasteiger partial charge in [-0.15, -0.1) is 0 Å². The van der Waals surface area contributed by atoms with Crippen molar-refractivity contribution in [2.45, 2.75) is 83.7 Å².